The van der Waals surface area contributed by atoms with Gasteiger partial charge in [0.2, 0.25) is 0 Å². The van der Waals surface area contributed by atoms with Crippen molar-refractivity contribution in [2.45, 2.75) is 19.6 Å². The first kappa shape index (κ1) is 18.3. The van der Waals surface area contributed by atoms with Crippen molar-refractivity contribution in [3.05, 3.63) is 64.7 Å². The molecule has 24 heavy (non-hydrogen) atoms. The summed E-state index contributed by atoms with van der Waals surface area (Å²) in [6.07, 6.45) is 0. The first-order valence-electron chi connectivity index (χ1n) is 7.78. The summed E-state index contributed by atoms with van der Waals surface area (Å²) in [5.41, 5.74) is 5.36. The van der Waals surface area contributed by atoms with Crippen LogP contribution in [-0.4, -0.2) is 17.4 Å². The van der Waals surface area contributed by atoms with E-state index in [1.807, 2.05) is 30.3 Å². The van der Waals surface area contributed by atoms with Crippen LogP contribution in [0.1, 0.15) is 22.3 Å². The molecule has 5 heteroatoms. The quantitative estimate of drug-likeness (QED) is 0.594. The Hall–Kier alpha value is -2.03. The van der Waals surface area contributed by atoms with Crippen LogP contribution in [0.25, 0.3) is 0 Å². The zero-order valence-electron chi connectivity index (χ0n) is 13.9. The van der Waals surface area contributed by atoms with Gasteiger partial charge >= 0.3 is 0 Å². The average Bonchev–Trinajstić information content (AvgIpc) is 2.58. The number of hydrogen-bond donors (Lipinski definition) is 2. The predicted molar refractivity (Wildman–Crippen MR) is 107 cm³/mol. The Balaban J connectivity index is 1.69. The Bertz CT molecular complexity index is 751. The molecule has 0 aliphatic carbocycles. The second-order valence-corrected chi connectivity index (χ2v) is 7.01. The topological polar surface area (TPSA) is 47.8 Å². The largest absolute Gasteiger partial charge is 0.362 e. The molecule has 0 amide bonds. The number of thiocarbonyl (C=S) groups is 1. The third-order valence-electron chi connectivity index (χ3n) is 3.69. The number of thioether (sulfide) groups is 1. The molecule has 0 spiro atoms. The zero-order valence-corrected chi connectivity index (χ0v) is 15.6. The minimum Gasteiger partial charge on any atom is -0.362 e. The van der Waals surface area contributed by atoms with E-state index in [1.54, 1.807) is 11.8 Å². The zero-order chi connectivity index (χ0) is 17.4. The highest BCUT2D eigenvalue weighted by molar-refractivity contribution is 7.98. The van der Waals surface area contributed by atoms with Crippen molar-refractivity contribution < 1.29 is 0 Å². The van der Waals surface area contributed by atoms with Crippen molar-refractivity contribution in [2.75, 3.05) is 17.6 Å². The van der Waals surface area contributed by atoms with Crippen molar-refractivity contribution in [1.82, 2.24) is 5.32 Å². The lowest BCUT2D eigenvalue weighted by atomic mass is 10.1. The predicted octanol–water partition coefficient (Wildman–Crippen LogP) is 4.39. The fourth-order valence-electron chi connectivity index (χ4n) is 2.17. The Kier molecular flexibility index (Phi) is 7.10. The summed E-state index contributed by atoms with van der Waals surface area (Å²) in [6.45, 7) is 4.97. The monoisotopic (exact) mass is 355 g/mol. The Morgan fingerprint density at radius 3 is 2.71 bits per heavy atom. The van der Waals surface area contributed by atoms with Gasteiger partial charge in [-0.1, -0.05) is 24.3 Å². The van der Waals surface area contributed by atoms with Gasteiger partial charge in [-0.3, -0.25) is 0 Å². The van der Waals surface area contributed by atoms with Gasteiger partial charge in [0.05, 0.1) is 11.6 Å². The minimum absolute atomic E-state index is 0.635. The maximum atomic E-state index is 9.07. The van der Waals surface area contributed by atoms with Crippen molar-refractivity contribution in [1.29, 1.82) is 5.26 Å². The van der Waals surface area contributed by atoms with Crippen molar-refractivity contribution in [3.8, 4) is 6.07 Å². The second-order valence-electron chi connectivity index (χ2n) is 5.50. The van der Waals surface area contributed by atoms with E-state index in [0.717, 1.165) is 34.9 Å². The SMILES string of the molecule is Cc1ccc(NC(=S)NCCSCc2ccccc2C#N)cc1C. The van der Waals surface area contributed by atoms with Crippen molar-refractivity contribution >= 4 is 34.8 Å². The number of aryl methyl sites for hydroxylation is 2. The lowest BCUT2D eigenvalue weighted by Crippen LogP contribution is -2.30. The van der Waals surface area contributed by atoms with E-state index in [-0.39, 0.29) is 0 Å². The lowest BCUT2D eigenvalue weighted by Gasteiger charge is -2.12. The third-order valence-corrected chi connectivity index (χ3v) is 4.95. The van der Waals surface area contributed by atoms with Crippen molar-refractivity contribution in [2.24, 2.45) is 0 Å². The first-order valence-corrected chi connectivity index (χ1v) is 9.34. The van der Waals surface area contributed by atoms with Gasteiger partial charge in [0.1, 0.15) is 0 Å². The standard InChI is InChI=1S/C19H21N3S2/c1-14-7-8-18(11-15(14)2)22-19(23)21-9-10-24-13-17-6-4-3-5-16(17)12-20/h3-8,11H,9-10,13H2,1-2H3,(H2,21,22,23). The van der Waals surface area contributed by atoms with E-state index in [4.69, 9.17) is 17.5 Å². The molecule has 0 fully saturated rings. The summed E-state index contributed by atoms with van der Waals surface area (Å²) in [5, 5.41) is 16.1. The maximum Gasteiger partial charge on any atom is 0.170 e. The van der Waals surface area contributed by atoms with Gasteiger partial charge in [0, 0.05) is 23.7 Å². The summed E-state index contributed by atoms with van der Waals surface area (Å²) in [6, 6.07) is 16.2. The summed E-state index contributed by atoms with van der Waals surface area (Å²) >= 11 is 7.11. The molecule has 0 unspecified atom stereocenters. The average molecular weight is 356 g/mol. The van der Waals surface area contributed by atoms with Gasteiger partial charge in [-0.05, 0) is 61.0 Å². The van der Waals surface area contributed by atoms with E-state index in [0.29, 0.717) is 5.11 Å². The molecule has 3 nitrogen and oxygen atoms in total. The fourth-order valence-corrected chi connectivity index (χ4v) is 3.25. The van der Waals surface area contributed by atoms with E-state index >= 15 is 0 Å². The van der Waals surface area contributed by atoms with E-state index in [9.17, 15) is 0 Å². The number of anilines is 1. The highest BCUT2D eigenvalue weighted by atomic mass is 32.2. The van der Waals surface area contributed by atoms with E-state index in [2.05, 4.69) is 42.7 Å². The molecular formula is C19H21N3S2. The highest BCUT2D eigenvalue weighted by Crippen LogP contribution is 2.16. The van der Waals surface area contributed by atoms with Crippen LogP contribution in [0.4, 0.5) is 5.69 Å². The summed E-state index contributed by atoms with van der Waals surface area (Å²) in [4.78, 5) is 0. The normalized spacial score (nSPS) is 10.0. The van der Waals surface area contributed by atoms with E-state index < -0.39 is 0 Å². The Morgan fingerprint density at radius 2 is 1.96 bits per heavy atom. The van der Waals surface area contributed by atoms with Gasteiger partial charge in [0.25, 0.3) is 0 Å². The van der Waals surface area contributed by atoms with Gasteiger partial charge in [-0.15, -0.1) is 0 Å². The molecule has 0 saturated heterocycles. The van der Waals surface area contributed by atoms with Crippen molar-refractivity contribution in [3.63, 3.8) is 0 Å². The van der Waals surface area contributed by atoms with Gasteiger partial charge in [0.15, 0.2) is 5.11 Å². The van der Waals surface area contributed by atoms with Crippen LogP contribution < -0.4 is 10.6 Å². The number of nitrogens with zero attached hydrogens (tertiary/aromatic N) is 1. The van der Waals surface area contributed by atoms with Crippen LogP contribution in [0.2, 0.25) is 0 Å². The Morgan fingerprint density at radius 1 is 1.17 bits per heavy atom. The molecule has 0 heterocycles. The number of nitriles is 1. The Labute approximate surface area is 153 Å². The molecule has 2 rings (SSSR count). The minimum atomic E-state index is 0.635. The number of nitrogens with one attached hydrogen (secondary N) is 2. The van der Waals surface area contributed by atoms with Crippen LogP contribution in [0, 0.1) is 25.2 Å². The summed E-state index contributed by atoms with van der Waals surface area (Å²) < 4.78 is 0. The summed E-state index contributed by atoms with van der Waals surface area (Å²) in [5.74, 6) is 1.76. The molecule has 124 valence electrons. The highest BCUT2D eigenvalue weighted by Gasteiger charge is 2.02. The molecule has 0 bridgehead atoms. The van der Waals surface area contributed by atoms with Crippen LogP contribution in [-0.2, 0) is 5.75 Å². The molecule has 0 aromatic heterocycles. The lowest BCUT2D eigenvalue weighted by molar-refractivity contribution is 0.989. The fraction of sp³-hybridized carbons (Fsp3) is 0.263. The number of rotatable bonds is 6. The molecule has 2 N–H and O–H groups in total. The van der Waals surface area contributed by atoms with Gasteiger partial charge in [-0.25, -0.2) is 0 Å². The molecule has 2 aromatic rings. The molecular weight excluding hydrogens is 334 g/mol. The van der Waals surface area contributed by atoms with E-state index in [1.165, 1.54) is 11.1 Å². The van der Waals surface area contributed by atoms with Gasteiger partial charge < -0.3 is 10.6 Å². The van der Waals surface area contributed by atoms with Crippen LogP contribution >= 0.6 is 24.0 Å². The first-order chi connectivity index (χ1) is 11.6. The third kappa shape index (κ3) is 5.55. The second kappa shape index (κ2) is 9.31. The van der Waals surface area contributed by atoms with Gasteiger partial charge in [-0.2, -0.15) is 17.0 Å². The summed E-state index contributed by atoms with van der Waals surface area (Å²) in [7, 11) is 0. The van der Waals surface area contributed by atoms with Crippen LogP contribution in [0.5, 0.6) is 0 Å². The molecule has 2 aromatic carbocycles. The van der Waals surface area contributed by atoms with Crippen LogP contribution in [0.15, 0.2) is 42.5 Å². The molecule has 0 saturated carbocycles. The smallest absolute Gasteiger partial charge is 0.170 e. The molecule has 0 aliphatic rings. The van der Waals surface area contributed by atoms with Crippen LogP contribution in [0.3, 0.4) is 0 Å². The number of benzene rings is 2. The maximum absolute atomic E-state index is 9.07. The molecule has 0 aliphatic heterocycles. The molecule has 0 radical (unpaired) electrons. The molecule has 0 atom stereocenters. The number of hydrogen-bond acceptors (Lipinski definition) is 3.